The lowest BCUT2D eigenvalue weighted by molar-refractivity contribution is 0.596. The van der Waals surface area contributed by atoms with E-state index >= 15 is 0 Å². The molecule has 1 aromatic heterocycles. The number of hydrogen-bond donors (Lipinski definition) is 0. The van der Waals surface area contributed by atoms with Crippen LogP contribution in [0.5, 0.6) is 0 Å². The van der Waals surface area contributed by atoms with Crippen LogP contribution in [0.3, 0.4) is 0 Å². The van der Waals surface area contributed by atoms with Gasteiger partial charge in [-0.3, -0.25) is 0 Å². The maximum absolute atomic E-state index is 5.06. The first-order valence-electron chi connectivity index (χ1n) is 17.8. The summed E-state index contributed by atoms with van der Waals surface area (Å²) in [5, 5.41) is 10.1. The molecule has 9 rings (SSSR count). The second-order valence-electron chi connectivity index (χ2n) is 14.8. The maximum Gasteiger partial charge on any atom is 0.0979 e. The highest BCUT2D eigenvalue weighted by Gasteiger charge is 2.48. The van der Waals surface area contributed by atoms with Crippen LogP contribution in [-0.4, -0.2) is 10.2 Å². The van der Waals surface area contributed by atoms with E-state index in [2.05, 4.69) is 196 Å². The smallest absolute Gasteiger partial charge is 0.0979 e. The summed E-state index contributed by atoms with van der Waals surface area (Å²) < 4.78 is 0. The first-order valence-corrected chi connectivity index (χ1v) is 17.8. The van der Waals surface area contributed by atoms with Crippen molar-refractivity contribution < 1.29 is 0 Å². The number of para-hydroxylation sites is 4. The second kappa shape index (κ2) is 11.5. The highest BCUT2D eigenvalue weighted by molar-refractivity contribution is 5.91. The number of anilines is 6. The van der Waals surface area contributed by atoms with Crippen LogP contribution in [0.15, 0.2) is 152 Å². The van der Waals surface area contributed by atoms with Gasteiger partial charge in [0.25, 0.3) is 0 Å². The van der Waals surface area contributed by atoms with Crippen molar-refractivity contribution in [2.75, 3.05) is 9.80 Å². The Morgan fingerprint density at radius 2 is 0.824 bits per heavy atom. The van der Waals surface area contributed by atoms with Crippen molar-refractivity contribution in [2.45, 2.75) is 45.4 Å². The SMILES string of the molecule is Cc1cc(N(c2ccccc2)c2ccccc2)cc2c1-c1nnc3c(c1C2(C)C)C(C)(C)c1cc(N(c2ccccc2)c2ccccc2)ccc1-3. The Kier molecular flexibility index (Phi) is 7.01. The van der Waals surface area contributed by atoms with Crippen LogP contribution in [-0.2, 0) is 10.8 Å². The van der Waals surface area contributed by atoms with Crippen LogP contribution >= 0.6 is 0 Å². The van der Waals surface area contributed by atoms with Gasteiger partial charge < -0.3 is 9.80 Å². The van der Waals surface area contributed by atoms with Gasteiger partial charge in [0.2, 0.25) is 0 Å². The lowest BCUT2D eigenvalue weighted by Crippen LogP contribution is -2.25. The van der Waals surface area contributed by atoms with Crippen molar-refractivity contribution in [3.05, 3.63) is 179 Å². The van der Waals surface area contributed by atoms with Gasteiger partial charge in [-0.1, -0.05) is 107 Å². The maximum atomic E-state index is 5.06. The van der Waals surface area contributed by atoms with E-state index in [1.807, 2.05) is 0 Å². The van der Waals surface area contributed by atoms with Gasteiger partial charge in [0, 0.05) is 56.1 Å². The largest absolute Gasteiger partial charge is 0.310 e. The highest BCUT2D eigenvalue weighted by Crippen LogP contribution is 2.59. The molecular formula is C47H40N4. The fraction of sp³-hybridized carbons (Fsp3) is 0.149. The monoisotopic (exact) mass is 660 g/mol. The van der Waals surface area contributed by atoms with Gasteiger partial charge in [-0.2, -0.15) is 0 Å². The number of rotatable bonds is 6. The molecule has 7 aromatic rings. The summed E-state index contributed by atoms with van der Waals surface area (Å²) in [4.78, 5) is 4.69. The fourth-order valence-corrected chi connectivity index (χ4v) is 8.59. The molecule has 0 saturated carbocycles. The molecule has 0 saturated heterocycles. The van der Waals surface area contributed by atoms with Gasteiger partial charge >= 0.3 is 0 Å². The van der Waals surface area contributed by atoms with E-state index in [9.17, 15) is 0 Å². The Hall–Kier alpha value is -6.00. The molecular weight excluding hydrogens is 621 g/mol. The Morgan fingerprint density at radius 1 is 0.412 bits per heavy atom. The minimum atomic E-state index is -0.299. The quantitative estimate of drug-likeness (QED) is 0.178. The highest BCUT2D eigenvalue weighted by atomic mass is 15.2. The molecule has 0 fully saturated rings. The average Bonchev–Trinajstić information content (AvgIpc) is 3.53. The van der Waals surface area contributed by atoms with Crippen LogP contribution in [0.1, 0.15) is 55.5 Å². The molecule has 0 bridgehead atoms. The minimum absolute atomic E-state index is 0.296. The third-order valence-electron chi connectivity index (χ3n) is 11.0. The molecule has 0 aliphatic heterocycles. The molecule has 4 heteroatoms. The van der Waals surface area contributed by atoms with Gasteiger partial charge in [-0.25, -0.2) is 0 Å². The van der Waals surface area contributed by atoms with E-state index in [-0.39, 0.29) is 10.8 Å². The summed E-state index contributed by atoms with van der Waals surface area (Å²) in [5.74, 6) is 0. The van der Waals surface area contributed by atoms with Crippen molar-refractivity contribution in [1.29, 1.82) is 0 Å². The summed E-state index contributed by atoms with van der Waals surface area (Å²) in [6.45, 7) is 11.7. The van der Waals surface area contributed by atoms with Crippen LogP contribution < -0.4 is 9.80 Å². The summed E-state index contributed by atoms with van der Waals surface area (Å²) in [5.41, 5.74) is 16.9. The minimum Gasteiger partial charge on any atom is -0.310 e. The molecule has 6 aromatic carbocycles. The van der Waals surface area contributed by atoms with Gasteiger partial charge in [0.1, 0.15) is 0 Å². The third-order valence-corrected chi connectivity index (χ3v) is 11.0. The summed E-state index contributed by atoms with van der Waals surface area (Å²) in [6.07, 6.45) is 0. The van der Waals surface area contributed by atoms with Crippen molar-refractivity contribution in [3.63, 3.8) is 0 Å². The topological polar surface area (TPSA) is 32.3 Å². The van der Waals surface area contributed by atoms with Crippen LogP contribution in [0.4, 0.5) is 34.1 Å². The van der Waals surface area contributed by atoms with Crippen LogP contribution in [0, 0.1) is 6.92 Å². The molecule has 1 heterocycles. The number of aromatic nitrogens is 2. The van der Waals surface area contributed by atoms with E-state index in [4.69, 9.17) is 10.2 Å². The molecule has 4 nitrogen and oxygen atoms in total. The first-order chi connectivity index (χ1) is 24.7. The molecule has 0 amide bonds. The standard InChI is InChI=1S/C47H40N4/c1-31-28-37(51(34-22-14-8-15-23-34)35-24-16-9-17-25-35)30-40-41(31)45-43(47(40,4)5)42-44(48-49-45)38-27-26-36(29-39(38)46(42,2)3)50(32-18-10-6-11-19-32)33-20-12-7-13-21-33/h6-30H,1-5H3. The Balaban J connectivity index is 1.19. The molecule has 51 heavy (non-hydrogen) atoms. The lowest BCUT2D eigenvalue weighted by atomic mass is 9.73. The average molecular weight is 661 g/mol. The number of hydrogen-bond acceptors (Lipinski definition) is 4. The molecule has 0 N–H and O–H groups in total. The third kappa shape index (κ3) is 4.74. The van der Waals surface area contributed by atoms with E-state index in [1.165, 1.54) is 38.9 Å². The van der Waals surface area contributed by atoms with Gasteiger partial charge in [0.15, 0.2) is 0 Å². The zero-order valence-electron chi connectivity index (χ0n) is 29.7. The zero-order valence-corrected chi connectivity index (χ0v) is 29.7. The lowest BCUT2D eigenvalue weighted by Gasteiger charge is -2.31. The zero-order chi connectivity index (χ0) is 34.9. The van der Waals surface area contributed by atoms with E-state index in [0.29, 0.717) is 0 Å². The number of fused-ring (bicyclic) bond motifs is 7. The summed E-state index contributed by atoms with van der Waals surface area (Å²) >= 11 is 0. The van der Waals surface area contributed by atoms with Crippen molar-refractivity contribution >= 4 is 34.1 Å². The van der Waals surface area contributed by atoms with Gasteiger partial charge in [0.05, 0.1) is 11.4 Å². The predicted molar refractivity (Wildman–Crippen MR) is 211 cm³/mol. The van der Waals surface area contributed by atoms with Gasteiger partial charge in [-0.15, -0.1) is 10.2 Å². The Bertz CT molecular complexity index is 2340. The Morgan fingerprint density at radius 3 is 1.33 bits per heavy atom. The number of benzene rings is 6. The summed E-state index contributed by atoms with van der Waals surface area (Å²) in [6, 6.07) is 54.1. The number of aryl methyl sites for hydroxylation is 1. The molecule has 0 atom stereocenters. The van der Waals surface area contributed by atoms with E-state index in [1.54, 1.807) is 0 Å². The van der Waals surface area contributed by atoms with Crippen molar-refractivity contribution in [3.8, 4) is 22.5 Å². The molecule has 0 radical (unpaired) electrons. The molecule has 248 valence electrons. The second-order valence-corrected chi connectivity index (χ2v) is 14.8. The van der Waals surface area contributed by atoms with Crippen molar-refractivity contribution in [1.82, 2.24) is 10.2 Å². The first kappa shape index (κ1) is 31.0. The Labute approximate surface area is 300 Å². The van der Waals surface area contributed by atoms with E-state index < -0.39 is 0 Å². The molecule has 2 aliphatic rings. The molecule has 2 aliphatic carbocycles. The normalized spacial score (nSPS) is 14.3. The molecule has 0 spiro atoms. The van der Waals surface area contributed by atoms with E-state index in [0.717, 1.165) is 45.5 Å². The molecule has 0 unspecified atom stereocenters. The van der Waals surface area contributed by atoms with Gasteiger partial charge in [-0.05, 0) is 108 Å². The van der Waals surface area contributed by atoms with Crippen LogP contribution in [0.2, 0.25) is 0 Å². The summed E-state index contributed by atoms with van der Waals surface area (Å²) in [7, 11) is 0. The van der Waals surface area contributed by atoms with Crippen LogP contribution in [0.25, 0.3) is 22.5 Å². The van der Waals surface area contributed by atoms with Crippen molar-refractivity contribution in [2.24, 2.45) is 0 Å². The predicted octanol–water partition coefficient (Wildman–Crippen LogP) is 12.3. The fourth-order valence-electron chi connectivity index (χ4n) is 8.59. The number of nitrogens with zero attached hydrogens (tertiary/aromatic N) is 4.